The number of pyridine rings is 1. The van der Waals surface area contributed by atoms with Gasteiger partial charge in [0, 0.05) is 11.9 Å². The summed E-state index contributed by atoms with van der Waals surface area (Å²) in [5.41, 5.74) is 1.60. The fraction of sp³-hybridized carbons (Fsp3) is 0.111. The van der Waals surface area contributed by atoms with Crippen molar-refractivity contribution in [2.75, 3.05) is 0 Å². The van der Waals surface area contributed by atoms with E-state index in [4.69, 9.17) is 4.42 Å². The average Bonchev–Trinajstić information content (AvgIpc) is 2.39. The molecule has 0 saturated heterocycles. The van der Waals surface area contributed by atoms with E-state index in [1.54, 1.807) is 25.3 Å². The van der Waals surface area contributed by atoms with Crippen LogP contribution in [0.5, 0.6) is 0 Å². The first-order valence-electron chi connectivity index (χ1n) is 3.82. The van der Waals surface area contributed by atoms with Gasteiger partial charge in [0.25, 0.3) is 0 Å². The van der Waals surface area contributed by atoms with E-state index in [0.29, 0.717) is 16.9 Å². The van der Waals surface area contributed by atoms with Gasteiger partial charge in [0.05, 0.1) is 0 Å². The number of fused-ring (bicyclic) bond motifs is 1. The Morgan fingerprint density at radius 1 is 1.69 bits per heavy atom. The lowest BCUT2D eigenvalue weighted by Gasteiger charge is -1.96. The predicted molar refractivity (Wildman–Crippen MR) is 49.3 cm³/mol. The van der Waals surface area contributed by atoms with Crippen LogP contribution in [0.1, 0.15) is 6.92 Å². The Morgan fingerprint density at radius 3 is 3.15 bits per heavy atom. The second-order valence-electron chi connectivity index (χ2n) is 2.76. The first kappa shape index (κ1) is 7.79. The molecule has 13 heavy (non-hydrogen) atoms. The van der Waals surface area contributed by atoms with E-state index in [0.717, 1.165) is 0 Å². The molecule has 0 fully saturated rings. The molecule has 2 aromatic heterocycles. The number of oxazole rings is 1. The smallest absolute Gasteiger partial charge is 0.406 e. The van der Waals surface area contributed by atoms with Gasteiger partial charge in [-0.2, -0.15) is 0 Å². The number of allylic oxidation sites excluding steroid dienone is 1. The van der Waals surface area contributed by atoms with Gasteiger partial charge in [-0.15, -0.1) is 0 Å². The molecule has 0 atom stereocenters. The Kier molecular flexibility index (Phi) is 1.55. The van der Waals surface area contributed by atoms with Crippen LogP contribution in [0, 0.1) is 0 Å². The Hall–Kier alpha value is -1.84. The van der Waals surface area contributed by atoms with Crippen LogP contribution >= 0.6 is 0 Å². The number of aromatic nitrogens is 2. The summed E-state index contributed by atoms with van der Waals surface area (Å²) < 4.78 is 6.29. The van der Waals surface area contributed by atoms with Gasteiger partial charge in [-0.25, -0.2) is 14.3 Å². The Bertz CT molecular complexity index is 522. The van der Waals surface area contributed by atoms with Crippen molar-refractivity contribution in [2.45, 2.75) is 6.92 Å². The van der Waals surface area contributed by atoms with Gasteiger partial charge in [0.2, 0.25) is 0 Å². The molecule has 0 aliphatic carbocycles. The first-order valence-corrected chi connectivity index (χ1v) is 3.82. The summed E-state index contributed by atoms with van der Waals surface area (Å²) in [6.45, 7) is 5.40. The van der Waals surface area contributed by atoms with Crippen molar-refractivity contribution in [2.24, 2.45) is 0 Å². The minimum Gasteiger partial charge on any atom is -0.406 e. The van der Waals surface area contributed by atoms with Crippen LogP contribution in [-0.4, -0.2) is 9.55 Å². The van der Waals surface area contributed by atoms with E-state index in [2.05, 4.69) is 11.6 Å². The van der Waals surface area contributed by atoms with Crippen molar-refractivity contribution in [1.82, 2.24) is 9.55 Å². The zero-order valence-electron chi connectivity index (χ0n) is 7.15. The average molecular weight is 176 g/mol. The van der Waals surface area contributed by atoms with Gasteiger partial charge < -0.3 is 4.42 Å². The first-order chi connectivity index (χ1) is 6.20. The molecule has 2 heterocycles. The van der Waals surface area contributed by atoms with Gasteiger partial charge in [-0.05, 0) is 19.1 Å². The van der Waals surface area contributed by atoms with E-state index in [1.807, 2.05) is 0 Å². The lowest BCUT2D eigenvalue weighted by atomic mass is 10.4. The highest BCUT2D eigenvalue weighted by Crippen LogP contribution is 2.11. The van der Waals surface area contributed by atoms with Crippen molar-refractivity contribution < 1.29 is 4.42 Å². The van der Waals surface area contributed by atoms with E-state index in [-0.39, 0.29) is 0 Å². The molecule has 0 N–H and O–H groups in total. The predicted octanol–water partition coefficient (Wildman–Crippen LogP) is 1.48. The summed E-state index contributed by atoms with van der Waals surface area (Å²) in [4.78, 5) is 15.3. The fourth-order valence-corrected chi connectivity index (χ4v) is 1.19. The molecule has 2 rings (SSSR count). The maximum atomic E-state index is 11.3. The normalized spacial score (nSPS) is 10.5. The van der Waals surface area contributed by atoms with Gasteiger partial charge in [-0.1, -0.05) is 6.58 Å². The van der Waals surface area contributed by atoms with E-state index >= 15 is 0 Å². The van der Waals surface area contributed by atoms with Crippen molar-refractivity contribution in [3.63, 3.8) is 0 Å². The van der Waals surface area contributed by atoms with E-state index < -0.39 is 5.76 Å². The number of hydrogen-bond donors (Lipinski definition) is 0. The molecule has 2 aromatic rings. The second-order valence-corrected chi connectivity index (χ2v) is 2.76. The fourth-order valence-electron chi connectivity index (χ4n) is 1.19. The monoisotopic (exact) mass is 176 g/mol. The summed E-state index contributed by atoms with van der Waals surface area (Å²) in [5.74, 6) is -0.443. The highest BCUT2D eigenvalue weighted by atomic mass is 16.4. The summed E-state index contributed by atoms with van der Waals surface area (Å²) in [5, 5.41) is 0. The van der Waals surface area contributed by atoms with Crippen LogP contribution in [0.3, 0.4) is 0 Å². The molecular formula is C9H8N2O2. The van der Waals surface area contributed by atoms with Crippen molar-refractivity contribution in [3.8, 4) is 0 Å². The van der Waals surface area contributed by atoms with Crippen LogP contribution in [-0.2, 0) is 0 Å². The molecular weight excluding hydrogens is 168 g/mol. The van der Waals surface area contributed by atoms with Crippen LogP contribution < -0.4 is 5.76 Å². The minimum absolute atomic E-state index is 0.443. The third-order valence-electron chi connectivity index (χ3n) is 1.72. The molecule has 0 aliphatic heterocycles. The lowest BCUT2D eigenvalue weighted by molar-refractivity contribution is 0.542. The molecule has 66 valence electrons. The van der Waals surface area contributed by atoms with Crippen LogP contribution in [0.15, 0.2) is 34.1 Å². The van der Waals surface area contributed by atoms with Crippen LogP contribution in [0.4, 0.5) is 0 Å². The van der Waals surface area contributed by atoms with Crippen LogP contribution in [0.2, 0.25) is 0 Å². The third-order valence-corrected chi connectivity index (χ3v) is 1.72. The summed E-state index contributed by atoms with van der Waals surface area (Å²) >= 11 is 0. The molecule has 0 amide bonds. The largest absolute Gasteiger partial charge is 0.425 e. The summed E-state index contributed by atoms with van der Waals surface area (Å²) in [6, 6.07) is 3.41. The Labute approximate surface area is 74.1 Å². The molecule has 0 saturated carbocycles. The molecule has 0 unspecified atom stereocenters. The molecule has 4 nitrogen and oxygen atoms in total. The Balaban J connectivity index is 2.95. The van der Waals surface area contributed by atoms with Gasteiger partial charge in [-0.3, -0.25) is 0 Å². The highest BCUT2D eigenvalue weighted by Gasteiger charge is 2.08. The van der Waals surface area contributed by atoms with Crippen LogP contribution in [0.25, 0.3) is 16.9 Å². The molecule has 0 spiro atoms. The number of nitrogens with zero attached hydrogens (tertiary/aromatic N) is 2. The molecule has 0 aromatic carbocycles. The second kappa shape index (κ2) is 2.58. The molecule has 0 bridgehead atoms. The van der Waals surface area contributed by atoms with Gasteiger partial charge in [0.15, 0.2) is 11.2 Å². The maximum absolute atomic E-state index is 11.3. The zero-order valence-corrected chi connectivity index (χ0v) is 7.15. The third kappa shape index (κ3) is 1.07. The topological polar surface area (TPSA) is 48.0 Å². The quantitative estimate of drug-likeness (QED) is 0.661. The number of hydrogen-bond acceptors (Lipinski definition) is 3. The van der Waals surface area contributed by atoms with Gasteiger partial charge >= 0.3 is 5.76 Å². The lowest BCUT2D eigenvalue weighted by Crippen LogP contribution is -2.11. The van der Waals surface area contributed by atoms with Crippen molar-refractivity contribution >= 4 is 16.9 Å². The minimum atomic E-state index is -0.443. The molecule has 0 aliphatic rings. The van der Waals surface area contributed by atoms with E-state index in [1.165, 1.54) is 4.57 Å². The highest BCUT2D eigenvalue weighted by molar-refractivity contribution is 5.71. The van der Waals surface area contributed by atoms with Crippen molar-refractivity contribution in [3.05, 3.63) is 35.5 Å². The SMILES string of the molecule is C=C(C)n1c(=O)oc2cccnc21. The zero-order chi connectivity index (χ0) is 9.42. The van der Waals surface area contributed by atoms with Gasteiger partial charge in [0.1, 0.15) is 0 Å². The van der Waals surface area contributed by atoms with E-state index in [9.17, 15) is 4.79 Å². The molecule has 0 radical (unpaired) electrons. The molecule has 4 heteroatoms. The maximum Gasteiger partial charge on any atom is 0.425 e. The Morgan fingerprint density at radius 2 is 2.46 bits per heavy atom. The van der Waals surface area contributed by atoms with Crippen molar-refractivity contribution in [1.29, 1.82) is 0 Å². The summed E-state index contributed by atoms with van der Waals surface area (Å²) in [7, 11) is 0. The standard InChI is InChI=1S/C9H8N2O2/c1-6(2)11-8-7(13-9(11)12)4-3-5-10-8/h3-5H,1H2,2H3. The summed E-state index contributed by atoms with van der Waals surface area (Å²) in [6.07, 6.45) is 1.61. The number of rotatable bonds is 1.